The quantitative estimate of drug-likeness (QED) is 0.532. The van der Waals surface area contributed by atoms with Gasteiger partial charge in [0.25, 0.3) is 11.6 Å². The zero-order valence-corrected chi connectivity index (χ0v) is 17.4. The minimum atomic E-state index is -0.706. The summed E-state index contributed by atoms with van der Waals surface area (Å²) >= 11 is 0. The number of nitriles is 1. The van der Waals surface area contributed by atoms with E-state index in [0.29, 0.717) is 58.2 Å². The molecule has 0 N–H and O–H groups in total. The first-order valence-electron chi connectivity index (χ1n) is 10.3. The first-order valence-corrected chi connectivity index (χ1v) is 10.3. The van der Waals surface area contributed by atoms with Gasteiger partial charge in [0, 0.05) is 51.0 Å². The van der Waals surface area contributed by atoms with E-state index in [2.05, 4.69) is 4.90 Å². The number of carbonyl (C=O) groups excluding carboxylic acids is 1. The number of anilines is 2. The summed E-state index contributed by atoms with van der Waals surface area (Å²) in [7, 11) is 0. The average Bonchev–Trinajstić information content (AvgIpc) is 2.83. The summed E-state index contributed by atoms with van der Waals surface area (Å²) in [4.78, 5) is 29.5. The standard InChI is InChI=1S/C22H22FN5O4/c23-19-13-16(15-24)1-3-18(19)22(29)27-7-5-25(6-8-27)17-2-4-20(28(30)31)21(14-17)26-9-11-32-12-10-26/h1-4,13-14H,5-12H2. The van der Waals surface area contributed by atoms with Crippen molar-refractivity contribution in [3.63, 3.8) is 0 Å². The van der Waals surface area contributed by atoms with E-state index in [1.165, 1.54) is 18.2 Å². The number of piperazine rings is 1. The van der Waals surface area contributed by atoms with E-state index >= 15 is 0 Å². The zero-order valence-electron chi connectivity index (χ0n) is 17.4. The van der Waals surface area contributed by atoms with Gasteiger partial charge in [0.05, 0.1) is 35.3 Å². The molecule has 0 saturated carbocycles. The van der Waals surface area contributed by atoms with E-state index in [1.807, 2.05) is 17.0 Å². The number of rotatable bonds is 4. The van der Waals surface area contributed by atoms with Crippen molar-refractivity contribution in [1.29, 1.82) is 5.26 Å². The Morgan fingerprint density at radius 1 is 1.03 bits per heavy atom. The van der Waals surface area contributed by atoms with Gasteiger partial charge in [-0.3, -0.25) is 14.9 Å². The first-order chi connectivity index (χ1) is 15.5. The summed E-state index contributed by atoms with van der Waals surface area (Å²) < 4.78 is 19.6. The lowest BCUT2D eigenvalue weighted by Crippen LogP contribution is -2.49. The molecular formula is C22H22FN5O4. The minimum Gasteiger partial charge on any atom is -0.378 e. The third-order valence-corrected chi connectivity index (χ3v) is 5.77. The number of morpholine rings is 1. The molecule has 2 heterocycles. The van der Waals surface area contributed by atoms with Crippen molar-refractivity contribution >= 4 is 23.0 Å². The number of nitrogens with zero attached hydrogens (tertiary/aromatic N) is 5. The van der Waals surface area contributed by atoms with Gasteiger partial charge < -0.3 is 19.4 Å². The molecule has 9 nitrogen and oxygen atoms in total. The Balaban J connectivity index is 1.47. The smallest absolute Gasteiger partial charge is 0.292 e. The van der Waals surface area contributed by atoms with E-state index in [0.717, 1.165) is 11.8 Å². The van der Waals surface area contributed by atoms with E-state index in [1.54, 1.807) is 11.0 Å². The normalized spacial score (nSPS) is 16.6. The number of nitro benzene ring substituents is 1. The van der Waals surface area contributed by atoms with Crippen molar-refractivity contribution < 1.29 is 18.8 Å². The van der Waals surface area contributed by atoms with E-state index in [4.69, 9.17) is 10.00 Å². The van der Waals surface area contributed by atoms with Crippen molar-refractivity contribution in [2.45, 2.75) is 0 Å². The monoisotopic (exact) mass is 439 g/mol. The largest absolute Gasteiger partial charge is 0.378 e. The lowest BCUT2D eigenvalue weighted by atomic mass is 10.1. The molecule has 10 heteroatoms. The molecule has 32 heavy (non-hydrogen) atoms. The van der Waals surface area contributed by atoms with Crippen LogP contribution in [0.3, 0.4) is 0 Å². The molecule has 2 saturated heterocycles. The molecule has 2 aromatic carbocycles. The SMILES string of the molecule is N#Cc1ccc(C(=O)N2CCN(c3ccc([N+](=O)[O-])c(N4CCOCC4)c3)CC2)c(F)c1. The Morgan fingerprint density at radius 3 is 2.38 bits per heavy atom. The topological polar surface area (TPSA) is 103 Å². The van der Waals surface area contributed by atoms with Gasteiger partial charge in [-0.05, 0) is 30.3 Å². The molecule has 0 bridgehead atoms. The Morgan fingerprint density at radius 2 is 1.75 bits per heavy atom. The third kappa shape index (κ3) is 4.33. The predicted molar refractivity (Wildman–Crippen MR) is 115 cm³/mol. The fraction of sp³-hybridized carbons (Fsp3) is 0.364. The molecule has 0 aromatic heterocycles. The van der Waals surface area contributed by atoms with Crippen LogP contribution in [0.25, 0.3) is 0 Å². The molecule has 166 valence electrons. The highest BCUT2D eigenvalue weighted by molar-refractivity contribution is 5.94. The van der Waals surface area contributed by atoms with Crippen LogP contribution in [0.1, 0.15) is 15.9 Å². The van der Waals surface area contributed by atoms with Gasteiger partial charge >= 0.3 is 0 Å². The average molecular weight is 439 g/mol. The number of nitro groups is 1. The van der Waals surface area contributed by atoms with Crippen LogP contribution in [0.4, 0.5) is 21.5 Å². The number of hydrogen-bond donors (Lipinski definition) is 0. The van der Waals surface area contributed by atoms with E-state index in [-0.39, 0.29) is 21.7 Å². The molecule has 0 atom stereocenters. The van der Waals surface area contributed by atoms with Crippen molar-refractivity contribution in [2.75, 3.05) is 62.3 Å². The lowest BCUT2D eigenvalue weighted by Gasteiger charge is -2.37. The third-order valence-electron chi connectivity index (χ3n) is 5.77. The highest BCUT2D eigenvalue weighted by atomic mass is 19.1. The number of hydrogen-bond acceptors (Lipinski definition) is 7. The van der Waals surface area contributed by atoms with Gasteiger partial charge in [-0.2, -0.15) is 5.26 Å². The van der Waals surface area contributed by atoms with Crippen LogP contribution in [-0.2, 0) is 4.74 Å². The second-order valence-corrected chi connectivity index (χ2v) is 7.62. The van der Waals surface area contributed by atoms with Crippen LogP contribution in [0.2, 0.25) is 0 Å². The summed E-state index contributed by atoms with van der Waals surface area (Å²) in [6.07, 6.45) is 0. The summed E-state index contributed by atoms with van der Waals surface area (Å²) in [6.45, 7) is 4.03. The predicted octanol–water partition coefficient (Wildman–Crippen LogP) is 2.40. The molecule has 1 amide bonds. The summed E-state index contributed by atoms with van der Waals surface area (Å²) in [6, 6.07) is 10.7. The van der Waals surface area contributed by atoms with E-state index in [9.17, 15) is 19.3 Å². The Bertz CT molecular complexity index is 1070. The molecular weight excluding hydrogens is 417 g/mol. The van der Waals surface area contributed by atoms with Crippen molar-refractivity contribution in [3.05, 3.63) is 63.5 Å². The molecule has 2 aliphatic heterocycles. The van der Waals surface area contributed by atoms with Crippen LogP contribution < -0.4 is 9.80 Å². The maximum Gasteiger partial charge on any atom is 0.292 e. The fourth-order valence-electron chi connectivity index (χ4n) is 4.02. The number of amides is 1. The Hall–Kier alpha value is -3.71. The van der Waals surface area contributed by atoms with Crippen LogP contribution in [0.5, 0.6) is 0 Å². The Kier molecular flexibility index (Phi) is 6.18. The molecule has 2 aromatic rings. The molecule has 2 fully saturated rings. The number of benzene rings is 2. The number of carbonyl (C=O) groups is 1. The van der Waals surface area contributed by atoms with Crippen LogP contribution in [0.15, 0.2) is 36.4 Å². The van der Waals surface area contributed by atoms with Gasteiger partial charge in [-0.15, -0.1) is 0 Å². The van der Waals surface area contributed by atoms with Crippen molar-refractivity contribution in [1.82, 2.24) is 4.90 Å². The second-order valence-electron chi connectivity index (χ2n) is 7.62. The van der Waals surface area contributed by atoms with Crippen LogP contribution >= 0.6 is 0 Å². The minimum absolute atomic E-state index is 0.0533. The van der Waals surface area contributed by atoms with Crippen LogP contribution in [0, 0.1) is 27.3 Å². The van der Waals surface area contributed by atoms with Gasteiger partial charge in [-0.1, -0.05) is 0 Å². The van der Waals surface area contributed by atoms with Crippen molar-refractivity contribution in [2.24, 2.45) is 0 Å². The van der Waals surface area contributed by atoms with Gasteiger partial charge in [-0.25, -0.2) is 4.39 Å². The maximum absolute atomic E-state index is 14.2. The molecule has 0 unspecified atom stereocenters. The maximum atomic E-state index is 14.2. The van der Waals surface area contributed by atoms with E-state index < -0.39 is 11.7 Å². The van der Waals surface area contributed by atoms with Crippen LogP contribution in [-0.4, -0.2) is 68.2 Å². The highest BCUT2D eigenvalue weighted by Gasteiger charge is 2.27. The molecule has 0 radical (unpaired) electrons. The highest BCUT2D eigenvalue weighted by Crippen LogP contribution is 2.33. The molecule has 0 aliphatic carbocycles. The van der Waals surface area contributed by atoms with Crippen molar-refractivity contribution in [3.8, 4) is 6.07 Å². The van der Waals surface area contributed by atoms with Gasteiger partial charge in [0.15, 0.2) is 0 Å². The Labute approximate surface area is 184 Å². The van der Waals surface area contributed by atoms with Gasteiger partial charge in [0.1, 0.15) is 11.5 Å². The first kappa shape index (κ1) is 21.5. The summed E-state index contributed by atoms with van der Waals surface area (Å²) in [5.74, 6) is -1.12. The fourth-order valence-corrected chi connectivity index (χ4v) is 4.02. The molecule has 2 aliphatic rings. The summed E-state index contributed by atoms with van der Waals surface area (Å²) in [5.41, 5.74) is 1.57. The van der Waals surface area contributed by atoms with Gasteiger partial charge in [0.2, 0.25) is 0 Å². The lowest BCUT2D eigenvalue weighted by molar-refractivity contribution is -0.384. The molecule has 4 rings (SSSR count). The number of halogens is 1. The molecule has 0 spiro atoms. The summed E-state index contributed by atoms with van der Waals surface area (Å²) in [5, 5.41) is 20.4. The number of ether oxygens (including phenoxy) is 1. The zero-order chi connectivity index (χ0) is 22.7. The second kappa shape index (κ2) is 9.20.